The Balaban J connectivity index is 2.48. The molecule has 0 atom stereocenters. The first-order valence-corrected chi connectivity index (χ1v) is 5.60. The van der Waals surface area contributed by atoms with Crippen LogP contribution in [0, 0.1) is 5.82 Å². The van der Waals surface area contributed by atoms with Gasteiger partial charge in [0.2, 0.25) is 0 Å². The zero-order valence-electron chi connectivity index (χ0n) is 8.45. The van der Waals surface area contributed by atoms with E-state index >= 15 is 0 Å². The highest BCUT2D eigenvalue weighted by atomic mass is 79.9. The van der Waals surface area contributed by atoms with Gasteiger partial charge in [0.05, 0.1) is 5.69 Å². The summed E-state index contributed by atoms with van der Waals surface area (Å²) in [6.45, 7) is 0.440. The third-order valence-electron chi connectivity index (χ3n) is 2.23. The lowest BCUT2D eigenvalue weighted by atomic mass is 10.1. The molecule has 4 heteroatoms. The molecule has 1 heterocycles. The van der Waals surface area contributed by atoms with E-state index in [-0.39, 0.29) is 5.82 Å². The summed E-state index contributed by atoms with van der Waals surface area (Å²) in [5, 5.41) is 0. The van der Waals surface area contributed by atoms with Crippen LogP contribution in [0.4, 0.5) is 4.39 Å². The van der Waals surface area contributed by atoms with E-state index in [9.17, 15) is 4.39 Å². The van der Waals surface area contributed by atoms with E-state index in [4.69, 9.17) is 5.73 Å². The van der Waals surface area contributed by atoms with Crippen molar-refractivity contribution in [2.75, 3.05) is 0 Å². The number of rotatable bonds is 2. The fourth-order valence-corrected chi connectivity index (χ4v) is 2.06. The largest absolute Gasteiger partial charge is 0.326 e. The molecule has 0 radical (unpaired) electrons. The van der Waals surface area contributed by atoms with Crippen LogP contribution in [-0.2, 0) is 6.54 Å². The summed E-state index contributed by atoms with van der Waals surface area (Å²) >= 11 is 3.41. The Morgan fingerprint density at radius 1 is 1.31 bits per heavy atom. The molecule has 0 bridgehead atoms. The molecule has 0 aliphatic heterocycles. The van der Waals surface area contributed by atoms with Gasteiger partial charge in [-0.25, -0.2) is 4.39 Å². The minimum Gasteiger partial charge on any atom is -0.326 e. The van der Waals surface area contributed by atoms with Crippen molar-refractivity contribution in [3.05, 3.63) is 52.4 Å². The zero-order chi connectivity index (χ0) is 11.5. The van der Waals surface area contributed by atoms with Crippen LogP contribution in [-0.4, -0.2) is 4.98 Å². The number of aromatic nitrogens is 1. The predicted molar refractivity (Wildman–Crippen MR) is 65.2 cm³/mol. The molecule has 1 aromatic carbocycles. The first-order valence-electron chi connectivity index (χ1n) is 4.81. The van der Waals surface area contributed by atoms with Gasteiger partial charge in [0.25, 0.3) is 0 Å². The molecule has 0 aliphatic carbocycles. The van der Waals surface area contributed by atoms with Gasteiger partial charge >= 0.3 is 0 Å². The third kappa shape index (κ3) is 2.28. The summed E-state index contributed by atoms with van der Waals surface area (Å²) in [7, 11) is 0. The van der Waals surface area contributed by atoms with Crippen molar-refractivity contribution < 1.29 is 4.39 Å². The number of halogens is 2. The third-order valence-corrected chi connectivity index (χ3v) is 2.84. The number of nitrogens with two attached hydrogens (primary N) is 1. The van der Waals surface area contributed by atoms with Crippen molar-refractivity contribution in [1.82, 2.24) is 4.98 Å². The van der Waals surface area contributed by atoms with E-state index in [2.05, 4.69) is 20.9 Å². The number of hydrogen-bond donors (Lipinski definition) is 1. The average Bonchev–Trinajstić information content (AvgIpc) is 2.28. The first kappa shape index (κ1) is 11.2. The molecule has 1 aromatic heterocycles. The molecule has 2 N–H and O–H groups in total. The highest BCUT2D eigenvalue weighted by Crippen LogP contribution is 2.26. The van der Waals surface area contributed by atoms with E-state index in [1.165, 1.54) is 12.1 Å². The Hall–Kier alpha value is -1.26. The Kier molecular flexibility index (Phi) is 3.31. The summed E-state index contributed by atoms with van der Waals surface area (Å²) in [6, 6.07) is 8.24. The number of nitrogens with zero attached hydrogens (tertiary/aromatic N) is 1. The summed E-state index contributed by atoms with van der Waals surface area (Å²) < 4.78 is 13.9. The van der Waals surface area contributed by atoms with Crippen LogP contribution < -0.4 is 5.73 Å². The van der Waals surface area contributed by atoms with Crippen molar-refractivity contribution in [3.63, 3.8) is 0 Å². The van der Waals surface area contributed by atoms with E-state index < -0.39 is 0 Å². The van der Waals surface area contributed by atoms with Gasteiger partial charge in [0.15, 0.2) is 0 Å². The summed E-state index contributed by atoms with van der Waals surface area (Å²) in [4.78, 5) is 4.27. The summed E-state index contributed by atoms with van der Waals surface area (Å²) in [5.74, 6) is -0.269. The van der Waals surface area contributed by atoms with Crippen LogP contribution in [0.5, 0.6) is 0 Å². The Morgan fingerprint density at radius 3 is 2.75 bits per heavy atom. The second-order valence-corrected chi connectivity index (χ2v) is 4.24. The van der Waals surface area contributed by atoms with Crippen LogP contribution in [0.2, 0.25) is 0 Å². The molecule has 0 unspecified atom stereocenters. The molecule has 2 rings (SSSR count). The van der Waals surface area contributed by atoms with E-state index in [1.807, 2.05) is 12.1 Å². The number of pyridine rings is 1. The molecule has 0 aliphatic rings. The molecule has 0 saturated carbocycles. The zero-order valence-corrected chi connectivity index (χ0v) is 10.0. The molecule has 82 valence electrons. The predicted octanol–water partition coefficient (Wildman–Crippen LogP) is 3.11. The molecule has 0 spiro atoms. The lowest BCUT2D eigenvalue weighted by Gasteiger charge is -2.05. The minimum atomic E-state index is -0.269. The van der Waals surface area contributed by atoms with Gasteiger partial charge in [0.1, 0.15) is 5.82 Å². The first-order chi connectivity index (χ1) is 7.70. The normalized spacial score (nSPS) is 10.4. The van der Waals surface area contributed by atoms with Crippen LogP contribution in [0.25, 0.3) is 11.3 Å². The maximum atomic E-state index is 13.1. The van der Waals surface area contributed by atoms with Crippen LogP contribution in [0.1, 0.15) is 5.56 Å². The second-order valence-electron chi connectivity index (χ2n) is 3.39. The number of benzene rings is 1. The van der Waals surface area contributed by atoms with Gasteiger partial charge in [-0.1, -0.05) is 12.1 Å². The maximum Gasteiger partial charge on any atom is 0.123 e. The second kappa shape index (κ2) is 4.72. The van der Waals surface area contributed by atoms with Crippen molar-refractivity contribution >= 4 is 15.9 Å². The Labute approximate surface area is 101 Å². The van der Waals surface area contributed by atoms with Crippen molar-refractivity contribution in [2.24, 2.45) is 5.73 Å². The average molecular weight is 281 g/mol. The van der Waals surface area contributed by atoms with Crippen molar-refractivity contribution in [1.29, 1.82) is 0 Å². The summed E-state index contributed by atoms with van der Waals surface area (Å²) in [5.41, 5.74) is 7.91. The molecule has 0 fully saturated rings. The minimum absolute atomic E-state index is 0.269. The molecule has 2 nitrogen and oxygen atoms in total. The lowest BCUT2D eigenvalue weighted by molar-refractivity contribution is 0.628. The van der Waals surface area contributed by atoms with E-state index in [0.717, 1.165) is 21.3 Å². The van der Waals surface area contributed by atoms with Crippen LogP contribution >= 0.6 is 15.9 Å². The standard InChI is InChI=1S/C12H10BrFN2/c13-11-4-8(6-15)7-16-12(11)9-2-1-3-10(14)5-9/h1-5,7H,6,15H2. The van der Waals surface area contributed by atoms with E-state index in [1.54, 1.807) is 12.3 Å². The highest BCUT2D eigenvalue weighted by molar-refractivity contribution is 9.10. The molecule has 0 saturated heterocycles. The fraction of sp³-hybridized carbons (Fsp3) is 0.0833. The molecule has 16 heavy (non-hydrogen) atoms. The molecule has 2 aromatic rings. The molecular formula is C12H10BrFN2. The molecular weight excluding hydrogens is 271 g/mol. The quantitative estimate of drug-likeness (QED) is 0.918. The van der Waals surface area contributed by atoms with Gasteiger partial charge in [-0.15, -0.1) is 0 Å². The Bertz CT molecular complexity index is 514. The van der Waals surface area contributed by atoms with Gasteiger partial charge in [0, 0.05) is 22.8 Å². The highest BCUT2D eigenvalue weighted by Gasteiger charge is 2.06. The van der Waals surface area contributed by atoms with Gasteiger partial charge in [-0.2, -0.15) is 0 Å². The lowest BCUT2D eigenvalue weighted by Crippen LogP contribution is -1.98. The SMILES string of the molecule is NCc1cnc(-c2cccc(F)c2)c(Br)c1. The van der Waals surface area contributed by atoms with Crippen molar-refractivity contribution in [2.45, 2.75) is 6.54 Å². The molecule has 0 amide bonds. The maximum absolute atomic E-state index is 13.1. The van der Waals surface area contributed by atoms with Crippen LogP contribution in [0.3, 0.4) is 0 Å². The van der Waals surface area contributed by atoms with E-state index in [0.29, 0.717) is 6.54 Å². The Morgan fingerprint density at radius 2 is 2.12 bits per heavy atom. The summed E-state index contributed by atoms with van der Waals surface area (Å²) in [6.07, 6.45) is 1.70. The smallest absolute Gasteiger partial charge is 0.123 e. The van der Waals surface area contributed by atoms with Crippen LogP contribution in [0.15, 0.2) is 41.0 Å². The fourth-order valence-electron chi connectivity index (χ4n) is 1.44. The van der Waals surface area contributed by atoms with Gasteiger partial charge < -0.3 is 5.73 Å². The van der Waals surface area contributed by atoms with Gasteiger partial charge in [-0.05, 0) is 39.7 Å². The topological polar surface area (TPSA) is 38.9 Å². The van der Waals surface area contributed by atoms with Gasteiger partial charge in [-0.3, -0.25) is 4.98 Å². The monoisotopic (exact) mass is 280 g/mol. The van der Waals surface area contributed by atoms with Crippen molar-refractivity contribution in [3.8, 4) is 11.3 Å². The number of hydrogen-bond acceptors (Lipinski definition) is 2.